The molecular formula is C16H25NO3. The van der Waals surface area contributed by atoms with Crippen molar-refractivity contribution in [2.75, 3.05) is 31.7 Å². The van der Waals surface area contributed by atoms with Gasteiger partial charge in [-0.15, -0.1) is 0 Å². The zero-order chi connectivity index (χ0) is 15.0. The van der Waals surface area contributed by atoms with Gasteiger partial charge in [-0.2, -0.15) is 0 Å². The van der Waals surface area contributed by atoms with E-state index in [0.717, 1.165) is 5.69 Å². The first-order valence-electron chi connectivity index (χ1n) is 7.01. The molecule has 1 aromatic carbocycles. The van der Waals surface area contributed by atoms with E-state index in [9.17, 15) is 4.79 Å². The van der Waals surface area contributed by atoms with Gasteiger partial charge in [0.1, 0.15) is 6.61 Å². The summed E-state index contributed by atoms with van der Waals surface area (Å²) in [5.41, 5.74) is 2.53. The second kappa shape index (κ2) is 7.90. The molecule has 0 unspecified atom stereocenters. The van der Waals surface area contributed by atoms with Crippen LogP contribution in [0.1, 0.15) is 33.3 Å². The van der Waals surface area contributed by atoms with Gasteiger partial charge in [-0.05, 0) is 30.0 Å². The molecule has 20 heavy (non-hydrogen) atoms. The summed E-state index contributed by atoms with van der Waals surface area (Å²) in [5, 5.41) is 3.25. The highest BCUT2D eigenvalue weighted by Crippen LogP contribution is 2.23. The molecular weight excluding hydrogens is 254 g/mol. The van der Waals surface area contributed by atoms with Crippen LogP contribution in [0.3, 0.4) is 0 Å². The summed E-state index contributed by atoms with van der Waals surface area (Å²) in [7, 11) is 0. The van der Waals surface area contributed by atoms with Gasteiger partial charge in [-0.1, -0.05) is 32.9 Å². The van der Waals surface area contributed by atoms with Crippen molar-refractivity contribution in [1.82, 2.24) is 0 Å². The van der Waals surface area contributed by atoms with Crippen molar-refractivity contribution in [2.24, 2.45) is 0 Å². The lowest BCUT2D eigenvalue weighted by Gasteiger charge is -2.19. The molecule has 4 nitrogen and oxygen atoms in total. The van der Waals surface area contributed by atoms with Gasteiger partial charge in [-0.25, -0.2) is 4.79 Å². The Morgan fingerprint density at radius 2 is 1.85 bits per heavy atom. The predicted octanol–water partition coefficient (Wildman–Crippen LogP) is 2.98. The van der Waals surface area contributed by atoms with Crippen molar-refractivity contribution in [3.8, 4) is 0 Å². The number of carbonyl (C=O) groups excluding carboxylic acids is 1. The minimum absolute atomic E-state index is 0.0124. The molecule has 0 aliphatic heterocycles. The van der Waals surface area contributed by atoms with Gasteiger partial charge in [0.15, 0.2) is 0 Å². The first kappa shape index (κ1) is 16.5. The van der Waals surface area contributed by atoms with Crippen LogP contribution < -0.4 is 5.32 Å². The molecule has 0 spiro atoms. The number of ether oxygens (including phenoxy) is 2. The van der Waals surface area contributed by atoms with E-state index in [0.29, 0.717) is 19.8 Å². The molecule has 112 valence electrons. The summed E-state index contributed by atoms with van der Waals surface area (Å²) in [5.74, 6) is -0.318. The van der Waals surface area contributed by atoms with Gasteiger partial charge >= 0.3 is 5.97 Å². The summed E-state index contributed by atoms with van der Waals surface area (Å²) in [6.07, 6.45) is 0. The summed E-state index contributed by atoms with van der Waals surface area (Å²) in [6, 6.07) is 8.38. The van der Waals surface area contributed by atoms with Crippen LogP contribution in [-0.2, 0) is 19.7 Å². The number of carbonyl (C=O) groups is 1. The molecule has 0 bridgehead atoms. The maximum Gasteiger partial charge on any atom is 0.332 e. The fourth-order valence-electron chi connectivity index (χ4n) is 1.71. The van der Waals surface area contributed by atoms with Crippen LogP contribution in [0, 0.1) is 0 Å². The van der Waals surface area contributed by atoms with Crippen LogP contribution in [0.25, 0.3) is 0 Å². The van der Waals surface area contributed by atoms with Gasteiger partial charge < -0.3 is 14.8 Å². The van der Waals surface area contributed by atoms with E-state index in [1.807, 2.05) is 0 Å². The molecule has 0 amide bonds. The molecule has 0 aromatic heterocycles. The number of esters is 1. The number of hydrogen-bond donors (Lipinski definition) is 1. The Hall–Kier alpha value is -1.55. The predicted molar refractivity (Wildman–Crippen MR) is 81.1 cm³/mol. The normalized spacial score (nSPS) is 11.2. The standard InChI is InChI=1S/C16H25NO3/c1-5-20-15(18)12-19-11-10-17-14-8-6-13(7-9-14)16(2,3)4/h6-9,17H,5,10-12H2,1-4H3. The highest BCUT2D eigenvalue weighted by atomic mass is 16.6. The molecule has 0 atom stereocenters. The minimum atomic E-state index is -0.318. The lowest BCUT2D eigenvalue weighted by molar-refractivity contribution is -0.148. The molecule has 0 aliphatic carbocycles. The van der Waals surface area contributed by atoms with Gasteiger partial charge in [-0.3, -0.25) is 0 Å². The van der Waals surface area contributed by atoms with Crippen molar-refractivity contribution < 1.29 is 14.3 Å². The van der Waals surface area contributed by atoms with Crippen LogP contribution >= 0.6 is 0 Å². The molecule has 0 saturated carbocycles. The quantitative estimate of drug-likeness (QED) is 0.616. The first-order chi connectivity index (χ1) is 9.43. The van der Waals surface area contributed by atoms with E-state index in [2.05, 4.69) is 50.4 Å². The summed E-state index contributed by atoms with van der Waals surface area (Å²) in [4.78, 5) is 11.0. The molecule has 4 heteroatoms. The lowest BCUT2D eigenvalue weighted by atomic mass is 9.87. The molecule has 0 radical (unpaired) electrons. The number of nitrogens with one attached hydrogen (secondary N) is 1. The fourth-order valence-corrected chi connectivity index (χ4v) is 1.71. The number of rotatable bonds is 7. The van der Waals surface area contributed by atoms with Crippen molar-refractivity contribution in [3.05, 3.63) is 29.8 Å². The smallest absolute Gasteiger partial charge is 0.332 e. The van der Waals surface area contributed by atoms with E-state index in [4.69, 9.17) is 9.47 Å². The molecule has 1 N–H and O–H groups in total. The molecule has 0 saturated heterocycles. The Labute approximate surface area is 121 Å². The molecule has 0 aliphatic rings. The zero-order valence-electron chi connectivity index (χ0n) is 12.9. The minimum Gasteiger partial charge on any atom is -0.464 e. The summed E-state index contributed by atoms with van der Waals surface area (Å²) in [6.45, 7) is 9.89. The molecule has 1 aromatic rings. The Kier molecular flexibility index (Phi) is 6.52. The molecule has 0 fully saturated rings. The van der Waals surface area contributed by atoms with Crippen LogP contribution in [0.2, 0.25) is 0 Å². The molecule has 1 rings (SSSR count). The maximum atomic E-state index is 11.0. The number of hydrogen-bond acceptors (Lipinski definition) is 4. The number of anilines is 1. The summed E-state index contributed by atoms with van der Waals surface area (Å²) >= 11 is 0. The van der Waals surface area contributed by atoms with Crippen LogP contribution in [0.4, 0.5) is 5.69 Å². The second-order valence-corrected chi connectivity index (χ2v) is 5.61. The van der Waals surface area contributed by atoms with Gasteiger partial charge in [0.2, 0.25) is 0 Å². The van der Waals surface area contributed by atoms with Crippen molar-refractivity contribution in [1.29, 1.82) is 0 Å². The number of benzene rings is 1. The fraction of sp³-hybridized carbons (Fsp3) is 0.562. The van der Waals surface area contributed by atoms with Crippen molar-refractivity contribution >= 4 is 11.7 Å². The van der Waals surface area contributed by atoms with Gasteiger partial charge in [0, 0.05) is 12.2 Å². The van der Waals surface area contributed by atoms with Crippen LogP contribution in [-0.4, -0.2) is 32.3 Å². The van der Waals surface area contributed by atoms with Crippen molar-refractivity contribution in [2.45, 2.75) is 33.1 Å². The highest BCUT2D eigenvalue weighted by molar-refractivity contribution is 5.70. The third-order valence-corrected chi connectivity index (χ3v) is 2.85. The Balaban J connectivity index is 2.24. The molecule has 0 heterocycles. The lowest BCUT2D eigenvalue weighted by Crippen LogP contribution is -2.16. The largest absolute Gasteiger partial charge is 0.464 e. The third-order valence-electron chi connectivity index (χ3n) is 2.85. The topological polar surface area (TPSA) is 47.6 Å². The zero-order valence-corrected chi connectivity index (χ0v) is 12.9. The Bertz CT molecular complexity index is 407. The third kappa shape index (κ3) is 6.06. The average molecular weight is 279 g/mol. The first-order valence-corrected chi connectivity index (χ1v) is 7.01. The van der Waals surface area contributed by atoms with E-state index in [1.165, 1.54) is 5.56 Å². The highest BCUT2D eigenvalue weighted by Gasteiger charge is 2.12. The van der Waals surface area contributed by atoms with E-state index in [1.54, 1.807) is 6.92 Å². The Morgan fingerprint density at radius 1 is 1.20 bits per heavy atom. The van der Waals surface area contributed by atoms with Crippen molar-refractivity contribution in [3.63, 3.8) is 0 Å². The second-order valence-electron chi connectivity index (χ2n) is 5.61. The Morgan fingerprint density at radius 3 is 2.40 bits per heavy atom. The monoisotopic (exact) mass is 279 g/mol. The van der Waals surface area contributed by atoms with E-state index >= 15 is 0 Å². The van der Waals surface area contributed by atoms with Crippen LogP contribution in [0.5, 0.6) is 0 Å². The van der Waals surface area contributed by atoms with E-state index in [-0.39, 0.29) is 18.0 Å². The van der Waals surface area contributed by atoms with Crippen LogP contribution in [0.15, 0.2) is 24.3 Å². The van der Waals surface area contributed by atoms with Gasteiger partial charge in [0.05, 0.1) is 13.2 Å². The van der Waals surface area contributed by atoms with E-state index < -0.39 is 0 Å². The SMILES string of the molecule is CCOC(=O)COCCNc1ccc(C(C)(C)C)cc1. The average Bonchev–Trinajstić information content (AvgIpc) is 2.38. The maximum absolute atomic E-state index is 11.0. The van der Waals surface area contributed by atoms with Gasteiger partial charge in [0.25, 0.3) is 0 Å². The summed E-state index contributed by atoms with van der Waals surface area (Å²) < 4.78 is 9.98.